The number of amides is 1. The Hall–Kier alpha value is -4.40. The Kier molecular flexibility index (Phi) is 6.96. The minimum absolute atomic E-state index is 0.0843. The van der Waals surface area contributed by atoms with Gasteiger partial charge in [-0.25, -0.2) is 9.18 Å². The van der Waals surface area contributed by atoms with Gasteiger partial charge < -0.3 is 10.2 Å². The molecule has 0 bridgehead atoms. The Labute approximate surface area is 200 Å². The van der Waals surface area contributed by atoms with Crippen LogP contribution in [0.25, 0.3) is 11.3 Å². The number of H-pyrrole nitrogens is 1. The highest BCUT2D eigenvalue weighted by Crippen LogP contribution is 2.27. The first-order valence-corrected chi connectivity index (χ1v) is 11.2. The molecule has 8 nitrogen and oxygen atoms in total. The van der Waals surface area contributed by atoms with E-state index in [-0.39, 0.29) is 41.7 Å². The van der Waals surface area contributed by atoms with Gasteiger partial charge in [-0.05, 0) is 36.2 Å². The van der Waals surface area contributed by atoms with Crippen molar-refractivity contribution in [3.8, 4) is 11.3 Å². The van der Waals surface area contributed by atoms with E-state index in [2.05, 4.69) is 4.98 Å². The van der Waals surface area contributed by atoms with Crippen molar-refractivity contribution in [1.29, 1.82) is 0 Å². The molecule has 0 aliphatic rings. The van der Waals surface area contributed by atoms with Crippen LogP contribution in [-0.2, 0) is 6.54 Å². The van der Waals surface area contributed by atoms with Gasteiger partial charge in [-0.3, -0.25) is 24.0 Å². The Morgan fingerprint density at radius 2 is 1.77 bits per heavy atom. The lowest BCUT2D eigenvalue weighted by molar-refractivity contribution is 0.0960. The number of carbonyl (C=O) groups excluding carboxylic acids is 1. The number of nitrogens with one attached hydrogen (secondary N) is 1. The van der Waals surface area contributed by atoms with Crippen molar-refractivity contribution in [2.75, 3.05) is 17.2 Å². The number of nitrogens with zero attached hydrogens (tertiary/aromatic N) is 2. The van der Waals surface area contributed by atoms with Crippen LogP contribution in [0.4, 0.5) is 15.9 Å². The molecule has 0 radical (unpaired) electrons. The number of aromatic amines is 1. The van der Waals surface area contributed by atoms with E-state index in [0.717, 1.165) is 12.0 Å². The van der Waals surface area contributed by atoms with Crippen molar-refractivity contribution >= 4 is 17.4 Å². The lowest BCUT2D eigenvalue weighted by Crippen LogP contribution is -2.41. The second kappa shape index (κ2) is 10.3. The summed E-state index contributed by atoms with van der Waals surface area (Å²) in [4.78, 5) is 42.4. The Balaban J connectivity index is 1.76. The molecule has 0 fully saturated rings. The van der Waals surface area contributed by atoms with Gasteiger partial charge in [-0.1, -0.05) is 55.8 Å². The van der Waals surface area contributed by atoms with Gasteiger partial charge in [0.15, 0.2) is 11.4 Å². The summed E-state index contributed by atoms with van der Waals surface area (Å²) in [7, 11) is 0. The summed E-state index contributed by atoms with van der Waals surface area (Å²) >= 11 is 0. The van der Waals surface area contributed by atoms with Gasteiger partial charge in [-0.15, -0.1) is 0 Å². The summed E-state index contributed by atoms with van der Waals surface area (Å²) in [5.74, 6) is -1.15. The second-order valence-electron chi connectivity index (χ2n) is 8.02. The molecule has 3 N–H and O–H groups in total. The molecular weight excluding hydrogens is 451 g/mol. The number of unbranched alkanes of at least 4 members (excludes halogenated alkanes) is 1. The van der Waals surface area contributed by atoms with Crippen molar-refractivity contribution in [2.45, 2.75) is 26.3 Å². The highest BCUT2D eigenvalue weighted by atomic mass is 19.1. The highest BCUT2D eigenvalue weighted by molar-refractivity contribution is 6.05. The highest BCUT2D eigenvalue weighted by Gasteiger charge is 2.27. The maximum Gasteiger partial charge on any atom is 0.330 e. The van der Waals surface area contributed by atoms with Crippen LogP contribution in [0.15, 0.2) is 80.7 Å². The van der Waals surface area contributed by atoms with E-state index in [4.69, 9.17) is 10.2 Å². The van der Waals surface area contributed by atoms with E-state index >= 15 is 0 Å². The number of nitrogens with two attached hydrogens (primary N) is 1. The number of furan rings is 1. The molecule has 9 heteroatoms. The smallest absolute Gasteiger partial charge is 0.330 e. The number of anilines is 2. The van der Waals surface area contributed by atoms with Gasteiger partial charge in [0, 0.05) is 6.54 Å². The zero-order valence-electron chi connectivity index (χ0n) is 19.2. The largest absolute Gasteiger partial charge is 0.451 e. The van der Waals surface area contributed by atoms with Gasteiger partial charge in [0.2, 0.25) is 0 Å². The van der Waals surface area contributed by atoms with Crippen LogP contribution < -0.4 is 21.9 Å². The fourth-order valence-corrected chi connectivity index (χ4v) is 3.78. The molecule has 180 valence electrons. The fraction of sp³-hybridized carbons (Fsp3) is 0.192. The first-order chi connectivity index (χ1) is 16.9. The molecule has 2 heterocycles. The SMILES string of the molecule is CCCCN(C(=O)c1ccc(-c2ccccc2F)o1)c1c(N)n(Cc2ccccc2)c(=O)[nH]c1=O. The van der Waals surface area contributed by atoms with E-state index in [1.807, 2.05) is 37.3 Å². The molecule has 0 aliphatic carbocycles. The summed E-state index contributed by atoms with van der Waals surface area (Å²) in [6.07, 6.45) is 1.31. The van der Waals surface area contributed by atoms with Crippen molar-refractivity contribution in [3.05, 3.63) is 105 Å². The number of rotatable bonds is 8. The molecule has 2 aromatic carbocycles. The summed E-state index contributed by atoms with van der Waals surface area (Å²) in [6.45, 7) is 2.22. The Morgan fingerprint density at radius 1 is 1.06 bits per heavy atom. The molecule has 4 rings (SSSR count). The van der Waals surface area contributed by atoms with Gasteiger partial charge in [0.1, 0.15) is 17.4 Å². The fourth-order valence-electron chi connectivity index (χ4n) is 3.78. The number of aromatic nitrogens is 2. The lowest BCUT2D eigenvalue weighted by Gasteiger charge is -2.23. The van der Waals surface area contributed by atoms with E-state index in [0.29, 0.717) is 6.42 Å². The average Bonchev–Trinajstić information content (AvgIpc) is 3.34. The molecule has 0 atom stereocenters. The molecule has 0 aliphatic heterocycles. The third-order valence-corrected chi connectivity index (χ3v) is 5.60. The number of nitrogen functional groups attached to an aromatic ring is 1. The molecule has 35 heavy (non-hydrogen) atoms. The third-order valence-electron chi connectivity index (χ3n) is 5.60. The molecular formula is C26H25FN4O4. The standard InChI is InChI=1S/C26H25FN4O4/c1-2-3-15-30(25(33)21-14-13-20(35-21)18-11-7-8-12-19(18)27)22-23(28)31(26(34)29-24(22)32)16-17-9-5-4-6-10-17/h4-14H,2-3,15-16,28H2,1H3,(H,29,32,34). The molecule has 0 saturated carbocycles. The first-order valence-electron chi connectivity index (χ1n) is 11.2. The first kappa shape index (κ1) is 23.7. The Morgan fingerprint density at radius 3 is 2.49 bits per heavy atom. The van der Waals surface area contributed by atoms with E-state index in [1.165, 1.54) is 27.7 Å². The average molecular weight is 477 g/mol. The van der Waals surface area contributed by atoms with Crippen LogP contribution in [0, 0.1) is 5.82 Å². The van der Waals surface area contributed by atoms with Crippen LogP contribution in [0.5, 0.6) is 0 Å². The summed E-state index contributed by atoms with van der Waals surface area (Å²) < 4.78 is 21.1. The lowest BCUT2D eigenvalue weighted by atomic mass is 10.1. The summed E-state index contributed by atoms with van der Waals surface area (Å²) in [6, 6.07) is 18.1. The van der Waals surface area contributed by atoms with Crippen LogP contribution in [-0.4, -0.2) is 22.0 Å². The maximum absolute atomic E-state index is 14.2. The quantitative estimate of drug-likeness (QED) is 0.399. The maximum atomic E-state index is 14.2. The number of hydrogen-bond donors (Lipinski definition) is 2. The van der Waals surface area contributed by atoms with Crippen LogP contribution in [0.2, 0.25) is 0 Å². The second-order valence-corrected chi connectivity index (χ2v) is 8.02. The van der Waals surface area contributed by atoms with Crippen molar-refractivity contribution < 1.29 is 13.6 Å². The van der Waals surface area contributed by atoms with Crippen LogP contribution in [0.3, 0.4) is 0 Å². The van der Waals surface area contributed by atoms with E-state index < -0.39 is 23.0 Å². The van der Waals surface area contributed by atoms with Crippen molar-refractivity contribution in [1.82, 2.24) is 9.55 Å². The van der Waals surface area contributed by atoms with Gasteiger partial charge >= 0.3 is 5.69 Å². The van der Waals surface area contributed by atoms with Gasteiger partial charge in [0.05, 0.1) is 12.1 Å². The van der Waals surface area contributed by atoms with Crippen LogP contribution >= 0.6 is 0 Å². The normalized spacial score (nSPS) is 10.9. The Bertz CT molecular complexity index is 1460. The van der Waals surface area contributed by atoms with Crippen LogP contribution in [0.1, 0.15) is 35.9 Å². The molecule has 0 unspecified atom stereocenters. The zero-order valence-corrected chi connectivity index (χ0v) is 19.2. The summed E-state index contributed by atoms with van der Waals surface area (Å²) in [5.41, 5.74) is 5.72. The predicted molar refractivity (Wildman–Crippen MR) is 132 cm³/mol. The zero-order chi connectivity index (χ0) is 24.9. The van der Waals surface area contributed by atoms with Crippen molar-refractivity contribution in [2.24, 2.45) is 0 Å². The number of halogens is 1. The van der Waals surface area contributed by atoms with E-state index in [1.54, 1.807) is 18.2 Å². The number of hydrogen-bond acceptors (Lipinski definition) is 5. The van der Waals surface area contributed by atoms with E-state index in [9.17, 15) is 18.8 Å². The topological polar surface area (TPSA) is 114 Å². The molecule has 2 aromatic heterocycles. The number of carbonyl (C=O) groups is 1. The molecule has 0 spiro atoms. The molecule has 1 amide bonds. The van der Waals surface area contributed by atoms with Gasteiger partial charge in [0.25, 0.3) is 11.5 Å². The minimum Gasteiger partial charge on any atom is -0.451 e. The van der Waals surface area contributed by atoms with Crippen molar-refractivity contribution in [3.63, 3.8) is 0 Å². The monoisotopic (exact) mass is 476 g/mol. The number of benzene rings is 2. The van der Waals surface area contributed by atoms with Gasteiger partial charge in [-0.2, -0.15) is 0 Å². The molecule has 4 aromatic rings. The summed E-state index contributed by atoms with van der Waals surface area (Å²) in [5, 5.41) is 0. The third kappa shape index (κ3) is 4.93. The predicted octanol–water partition coefficient (Wildman–Crippen LogP) is 4.01. The molecule has 0 saturated heterocycles. The minimum atomic E-state index is -0.776.